The SMILES string of the molecule is Cc1cc(C)n(-c2nc(-c3ccccc3)c3[nH]cnc3n2)n1. The Bertz CT molecular complexity index is 951. The number of aromatic nitrogens is 6. The van der Waals surface area contributed by atoms with Gasteiger partial charge in [-0.25, -0.2) is 14.6 Å². The van der Waals surface area contributed by atoms with Crippen LogP contribution in [0.5, 0.6) is 0 Å². The summed E-state index contributed by atoms with van der Waals surface area (Å²) in [4.78, 5) is 16.6. The minimum absolute atomic E-state index is 0.532. The maximum absolute atomic E-state index is 4.71. The molecular weight excluding hydrogens is 276 g/mol. The standard InChI is InChI=1S/C16H14N6/c1-10-8-11(2)22(21-10)16-19-13(12-6-4-3-5-7-12)14-15(20-16)18-9-17-14/h3-9H,1-2H3,(H,17,18,19,20). The highest BCUT2D eigenvalue weighted by Gasteiger charge is 2.14. The van der Waals surface area contributed by atoms with E-state index in [1.807, 2.05) is 50.2 Å². The first-order chi connectivity index (χ1) is 10.7. The number of rotatable bonds is 2. The molecule has 0 fully saturated rings. The minimum atomic E-state index is 0.532. The number of fused-ring (bicyclic) bond motifs is 1. The first kappa shape index (κ1) is 12.7. The van der Waals surface area contributed by atoms with E-state index >= 15 is 0 Å². The van der Waals surface area contributed by atoms with E-state index in [0.29, 0.717) is 11.6 Å². The normalized spacial score (nSPS) is 11.2. The van der Waals surface area contributed by atoms with Crippen LogP contribution in [-0.4, -0.2) is 29.7 Å². The zero-order valence-corrected chi connectivity index (χ0v) is 12.3. The van der Waals surface area contributed by atoms with Crippen LogP contribution in [0.1, 0.15) is 11.4 Å². The number of aromatic amines is 1. The number of nitrogens with zero attached hydrogens (tertiary/aromatic N) is 5. The molecule has 1 aromatic carbocycles. The van der Waals surface area contributed by atoms with Crippen LogP contribution in [0.3, 0.4) is 0 Å². The molecule has 0 amide bonds. The summed E-state index contributed by atoms with van der Waals surface area (Å²) >= 11 is 0. The first-order valence-corrected chi connectivity index (χ1v) is 7.02. The molecule has 0 unspecified atom stereocenters. The number of imidazole rings is 1. The molecule has 22 heavy (non-hydrogen) atoms. The van der Waals surface area contributed by atoms with Gasteiger partial charge in [-0.1, -0.05) is 30.3 Å². The molecular formula is C16H14N6. The number of H-pyrrole nitrogens is 1. The fraction of sp³-hybridized carbons (Fsp3) is 0.125. The van der Waals surface area contributed by atoms with Gasteiger partial charge in [0.2, 0.25) is 0 Å². The first-order valence-electron chi connectivity index (χ1n) is 7.02. The van der Waals surface area contributed by atoms with Gasteiger partial charge in [-0.05, 0) is 19.9 Å². The van der Waals surface area contributed by atoms with Crippen molar-refractivity contribution < 1.29 is 0 Å². The Labute approximate surface area is 126 Å². The molecule has 3 aromatic heterocycles. The highest BCUT2D eigenvalue weighted by atomic mass is 15.4. The summed E-state index contributed by atoms with van der Waals surface area (Å²) in [6.07, 6.45) is 1.64. The second kappa shape index (κ2) is 4.77. The van der Waals surface area contributed by atoms with Crippen LogP contribution < -0.4 is 0 Å². The van der Waals surface area contributed by atoms with Gasteiger partial charge in [0.05, 0.1) is 12.0 Å². The van der Waals surface area contributed by atoms with Crippen LogP contribution >= 0.6 is 0 Å². The third-order valence-electron chi connectivity index (χ3n) is 3.52. The fourth-order valence-corrected chi connectivity index (χ4v) is 2.55. The van der Waals surface area contributed by atoms with Crippen molar-refractivity contribution in [2.24, 2.45) is 0 Å². The number of hydrogen-bond acceptors (Lipinski definition) is 4. The van der Waals surface area contributed by atoms with Gasteiger partial charge in [0, 0.05) is 11.3 Å². The van der Waals surface area contributed by atoms with Crippen molar-refractivity contribution in [1.29, 1.82) is 0 Å². The zero-order chi connectivity index (χ0) is 15.1. The van der Waals surface area contributed by atoms with Gasteiger partial charge in [0.25, 0.3) is 5.95 Å². The Hall–Kier alpha value is -3.02. The summed E-state index contributed by atoms with van der Waals surface area (Å²) in [5.41, 5.74) is 5.23. The Morgan fingerprint density at radius 3 is 2.59 bits per heavy atom. The fourth-order valence-electron chi connectivity index (χ4n) is 2.55. The second-order valence-corrected chi connectivity index (χ2v) is 5.18. The minimum Gasteiger partial charge on any atom is -0.341 e. The zero-order valence-electron chi connectivity index (χ0n) is 12.3. The number of nitrogens with one attached hydrogen (secondary N) is 1. The lowest BCUT2D eigenvalue weighted by Gasteiger charge is -2.07. The molecule has 4 rings (SSSR count). The third kappa shape index (κ3) is 1.96. The maximum Gasteiger partial charge on any atom is 0.253 e. The van der Waals surface area contributed by atoms with Crippen LogP contribution in [-0.2, 0) is 0 Å². The van der Waals surface area contributed by atoms with Crippen LogP contribution in [0.2, 0.25) is 0 Å². The van der Waals surface area contributed by atoms with Crippen molar-refractivity contribution in [3.8, 4) is 17.2 Å². The Morgan fingerprint density at radius 1 is 1.05 bits per heavy atom. The van der Waals surface area contributed by atoms with E-state index in [1.165, 1.54) is 0 Å². The summed E-state index contributed by atoms with van der Waals surface area (Å²) in [6.45, 7) is 3.94. The lowest BCUT2D eigenvalue weighted by molar-refractivity contribution is 0.780. The van der Waals surface area contributed by atoms with Gasteiger partial charge in [-0.15, -0.1) is 0 Å². The van der Waals surface area contributed by atoms with E-state index in [4.69, 9.17) is 4.98 Å². The van der Waals surface area contributed by atoms with Gasteiger partial charge in [-0.3, -0.25) is 0 Å². The van der Waals surface area contributed by atoms with E-state index in [-0.39, 0.29) is 0 Å². The van der Waals surface area contributed by atoms with Gasteiger partial charge in [-0.2, -0.15) is 10.1 Å². The predicted molar refractivity (Wildman–Crippen MR) is 83.7 cm³/mol. The van der Waals surface area contributed by atoms with Crippen molar-refractivity contribution in [3.05, 3.63) is 54.1 Å². The predicted octanol–water partition coefficient (Wildman–Crippen LogP) is 2.82. The number of aryl methyl sites for hydroxylation is 2. The van der Waals surface area contributed by atoms with E-state index in [9.17, 15) is 0 Å². The van der Waals surface area contributed by atoms with Crippen LogP contribution in [0.25, 0.3) is 28.4 Å². The molecule has 0 radical (unpaired) electrons. The van der Waals surface area contributed by atoms with Crippen molar-refractivity contribution in [2.75, 3.05) is 0 Å². The molecule has 0 saturated carbocycles. The summed E-state index contributed by atoms with van der Waals surface area (Å²) in [5, 5.41) is 4.46. The lowest BCUT2D eigenvalue weighted by Crippen LogP contribution is -2.06. The average molecular weight is 290 g/mol. The molecule has 0 aliphatic rings. The van der Waals surface area contributed by atoms with Gasteiger partial charge in [0.1, 0.15) is 11.2 Å². The maximum atomic E-state index is 4.71. The Morgan fingerprint density at radius 2 is 1.86 bits per heavy atom. The quantitative estimate of drug-likeness (QED) is 0.616. The molecule has 0 saturated heterocycles. The molecule has 0 atom stereocenters. The molecule has 6 nitrogen and oxygen atoms in total. The van der Waals surface area contributed by atoms with Gasteiger partial charge < -0.3 is 4.98 Å². The molecule has 0 spiro atoms. The van der Waals surface area contributed by atoms with E-state index in [1.54, 1.807) is 11.0 Å². The van der Waals surface area contributed by atoms with Crippen molar-refractivity contribution >= 4 is 11.2 Å². The largest absolute Gasteiger partial charge is 0.341 e. The summed E-state index contributed by atoms with van der Waals surface area (Å²) in [5.74, 6) is 0.532. The average Bonchev–Trinajstić information content (AvgIpc) is 3.13. The number of hydrogen-bond donors (Lipinski definition) is 1. The molecule has 3 heterocycles. The molecule has 0 bridgehead atoms. The van der Waals surface area contributed by atoms with Gasteiger partial charge >= 0.3 is 0 Å². The van der Waals surface area contributed by atoms with Crippen molar-refractivity contribution in [2.45, 2.75) is 13.8 Å². The summed E-state index contributed by atoms with van der Waals surface area (Å²) in [6, 6.07) is 12.0. The number of benzene rings is 1. The molecule has 0 aliphatic carbocycles. The molecule has 0 aliphatic heterocycles. The topological polar surface area (TPSA) is 72.3 Å². The molecule has 4 aromatic rings. The van der Waals surface area contributed by atoms with E-state index in [2.05, 4.69) is 20.1 Å². The van der Waals surface area contributed by atoms with Gasteiger partial charge in [0.15, 0.2) is 5.65 Å². The summed E-state index contributed by atoms with van der Waals surface area (Å²) < 4.78 is 1.75. The van der Waals surface area contributed by atoms with Crippen LogP contribution in [0, 0.1) is 13.8 Å². The Balaban J connectivity index is 2.00. The molecule has 6 heteroatoms. The second-order valence-electron chi connectivity index (χ2n) is 5.18. The van der Waals surface area contributed by atoms with E-state index < -0.39 is 0 Å². The molecule has 1 N–H and O–H groups in total. The van der Waals surface area contributed by atoms with E-state index in [0.717, 1.165) is 28.2 Å². The van der Waals surface area contributed by atoms with Crippen molar-refractivity contribution in [3.63, 3.8) is 0 Å². The smallest absolute Gasteiger partial charge is 0.253 e. The highest BCUT2D eigenvalue weighted by Crippen LogP contribution is 2.24. The highest BCUT2D eigenvalue weighted by molar-refractivity contribution is 5.87. The van der Waals surface area contributed by atoms with Crippen LogP contribution in [0.15, 0.2) is 42.7 Å². The Kier molecular flexibility index (Phi) is 2.75. The summed E-state index contributed by atoms with van der Waals surface area (Å²) in [7, 11) is 0. The van der Waals surface area contributed by atoms with Crippen LogP contribution in [0.4, 0.5) is 0 Å². The van der Waals surface area contributed by atoms with Crippen molar-refractivity contribution in [1.82, 2.24) is 29.7 Å². The lowest BCUT2D eigenvalue weighted by atomic mass is 10.1. The third-order valence-corrected chi connectivity index (χ3v) is 3.52. The molecule has 108 valence electrons. The monoisotopic (exact) mass is 290 g/mol.